The van der Waals surface area contributed by atoms with Crippen molar-refractivity contribution in [1.82, 2.24) is 10.6 Å². The Labute approximate surface area is 469 Å². The van der Waals surface area contributed by atoms with E-state index in [1.54, 1.807) is 12.1 Å². The molecule has 0 spiro atoms. The first kappa shape index (κ1) is 56.4. The van der Waals surface area contributed by atoms with Gasteiger partial charge in [0.05, 0.1) is 7.11 Å². The normalized spacial score (nSPS) is 13.1. The predicted octanol–water partition coefficient (Wildman–Crippen LogP) is 13.4. The van der Waals surface area contributed by atoms with Gasteiger partial charge in [-0.1, -0.05) is 170 Å². The number of halogens is 2. The van der Waals surface area contributed by atoms with Gasteiger partial charge in [0.25, 0.3) is 0 Å². The molecule has 2 amide bonds. The van der Waals surface area contributed by atoms with E-state index in [0.29, 0.717) is 11.1 Å². The second-order valence-electron chi connectivity index (χ2n) is 20.8. The maximum Gasteiger partial charge on any atom is 0.407 e. The molecule has 2 aliphatic carbocycles. The largest absolute Gasteiger partial charge is 0.480 e. The molecule has 0 saturated heterocycles. The second kappa shape index (κ2) is 24.8. The molecule has 2 atom stereocenters. The van der Waals surface area contributed by atoms with Crippen LogP contribution in [0.4, 0.5) is 18.4 Å². The van der Waals surface area contributed by atoms with Gasteiger partial charge in [-0.15, -0.1) is 0 Å². The molecular weight excluding hydrogens is 1030 g/mol. The number of carbonyl (C=O) groups is 4. The van der Waals surface area contributed by atoms with Gasteiger partial charge in [-0.2, -0.15) is 0 Å². The van der Waals surface area contributed by atoms with E-state index in [9.17, 15) is 28.7 Å². The van der Waals surface area contributed by atoms with Crippen molar-refractivity contribution >= 4 is 24.1 Å². The van der Waals surface area contributed by atoms with Crippen LogP contribution in [-0.2, 0) is 47.8 Å². The van der Waals surface area contributed by atoms with Crippen molar-refractivity contribution in [3.63, 3.8) is 0 Å². The molecule has 12 nitrogen and oxygen atoms in total. The van der Waals surface area contributed by atoms with Gasteiger partial charge in [-0.3, -0.25) is 0 Å². The van der Waals surface area contributed by atoms with Gasteiger partial charge in [-0.05, 0) is 119 Å². The Morgan fingerprint density at radius 2 is 0.815 bits per heavy atom. The summed E-state index contributed by atoms with van der Waals surface area (Å²) in [6.07, 6.45) is -1.72. The fourth-order valence-corrected chi connectivity index (χ4v) is 10.4. The van der Waals surface area contributed by atoms with E-state index in [-0.39, 0.29) is 49.4 Å². The number of hydrogen-bond acceptors (Lipinski definition) is 9. The first-order valence-electron chi connectivity index (χ1n) is 26.6. The molecule has 81 heavy (non-hydrogen) atoms. The third-order valence-corrected chi connectivity index (χ3v) is 14.6. The third-order valence-electron chi connectivity index (χ3n) is 14.6. The zero-order valence-corrected chi connectivity index (χ0v) is 45.5. The minimum Gasteiger partial charge on any atom is -0.480 e. The quantitative estimate of drug-likeness (QED) is 0.0558. The van der Waals surface area contributed by atoms with Gasteiger partial charge in [-0.25, -0.2) is 28.0 Å². The Morgan fingerprint density at radius 3 is 1.16 bits per heavy atom. The molecule has 14 heteroatoms. The molecule has 8 aromatic rings. The van der Waals surface area contributed by atoms with E-state index in [0.717, 1.165) is 55.6 Å². The van der Waals surface area contributed by atoms with Crippen LogP contribution in [0.2, 0.25) is 0 Å². The lowest BCUT2D eigenvalue weighted by atomic mass is 9.98. The lowest BCUT2D eigenvalue weighted by molar-refractivity contribution is -0.143. The molecule has 414 valence electrons. The van der Waals surface area contributed by atoms with Crippen LogP contribution in [0.5, 0.6) is 11.5 Å². The summed E-state index contributed by atoms with van der Waals surface area (Å²) in [5, 5.41) is 14.7. The maximum atomic E-state index is 15.1. The molecule has 3 N–H and O–H groups in total. The number of alkyl carbamates (subject to hydrolysis) is 2. The number of hydrogen-bond donors (Lipinski definition) is 3. The van der Waals surface area contributed by atoms with Crippen LogP contribution < -0.4 is 20.1 Å². The number of rotatable bonds is 18. The standard InChI is InChI=1S/C34H32FNO5.C33H30FNO5/c1-34(2,23-11-5-4-6-12-23)41-31-18-17-22(19-29(31)35)20-30(32(37)39-3)36-33(38)40-21-28-26-15-9-7-13-24(26)25-14-8-10-16-27(25)28;1-33(2,22-10-4-3-5-11-22)40-30-17-16-21(18-28(30)34)19-29(31(36)37)35-32(38)39-20-27-25-14-8-6-12-23(25)24-13-7-9-15-26(24)27/h4-19,28,30H,20-21H2,1-3H3,(H,36,38);3-18,27,29H,19-20H2,1-2H3,(H,35,38)(H,36,37)/t30-;29-/m00/s1. The molecule has 0 radical (unpaired) electrons. The van der Waals surface area contributed by atoms with Crippen LogP contribution in [0, 0.1) is 11.6 Å². The first-order chi connectivity index (χ1) is 39.0. The predicted molar refractivity (Wildman–Crippen MR) is 304 cm³/mol. The number of methoxy groups -OCH3 is 1. The molecule has 8 aromatic carbocycles. The zero-order valence-electron chi connectivity index (χ0n) is 45.5. The highest BCUT2D eigenvalue weighted by atomic mass is 19.1. The second-order valence-corrected chi connectivity index (χ2v) is 20.8. The van der Waals surface area contributed by atoms with E-state index in [4.69, 9.17) is 23.7 Å². The van der Waals surface area contributed by atoms with Gasteiger partial charge < -0.3 is 39.4 Å². The Kier molecular flexibility index (Phi) is 17.3. The molecule has 0 heterocycles. The van der Waals surface area contributed by atoms with E-state index in [1.807, 2.05) is 173 Å². The minimum atomic E-state index is -1.30. The molecule has 0 aromatic heterocycles. The van der Waals surface area contributed by atoms with Crippen LogP contribution >= 0.6 is 0 Å². The monoisotopic (exact) mass is 1090 g/mol. The summed E-state index contributed by atoms with van der Waals surface area (Å²) in [4.78, 5) is 49.9. The lowest BCUT2D eigenvalue weighted by Crippen LogP contribution is -2.43. The van der Waals surface area contributed by atoms with Crippen molar-refractivity contribution in [1.29, 1.82) is 0 Å². The number of carbonyl (C=O) groups excluding carboxylic acids is 3. The van der Waals surface area contributed by atoms with Crippen LogP contribution in [0.25, 0.3) is 22.3 Å². The first-order valence-corrected chi connectivity index (χ1v) is 26.6. The summed E-state index contributed by atoms with van der Waals surface area (Å²) < 4.78 is 57.9. The van der Waals surface area contributed by atoms with Crippen molar-refractivity contribution < 1.29 is 56.7 Å². The molecule has 0 fully saturated rings. The summed E-state index contributed by atoms with van der Waals surface area (Å²) in [5.41, 5.74) is 9.83. The zero-order chi connectivity index (χ0) is 57.3. The molecule has 2 aliphatic rings. The average molecular weight is 1090 g/mol. The maximum absolute atomic E-state index is 15.1. The van der Waals surface area contributed by atoms with Crippen LogP contribution in [0.3, 0.4) is 0 Å². The van der Waals surface area contributed by atoms with Gasteiger partial charge in [0.15, 0.2) is 23.1 Å². The average Bonchev–Trinajstić information content (AvgIpc) is 4.00. The van der Waals surface area contributed by atoms with Crippen molar-refractivity contribution in [3.05, 3.63) is 250 Å². The smallest absolute Gasteiger partial charge is 0.407 e. The van der Waals surface area contributed by atoms with E-state index < -0.39 is 59.0 Å². The van der Waals surface area contributed by atoms with Crippen molar-refractivity contribution in [2.75, 3.05) is 20.3 Å². The Hall–Kier alpha value is -9.30. The number of nitrogens with one attached hydrogen (secondary N) is 2. The van der Waals surface area contributed by atoms with Gasteiger partial charge in [0, 0.05) is 24.7 Å². The van der Waals surface area contributed by atoms with E-state index in [1.165, 1.54) is 31.4 Å². The number of fused-ring (bicyclic) bond motifs is 6. The van der Waals surface area contributed by atoms with E-state index >= 15 is 4.39 Å². The van der Waals surface area contributed by atoms with Gasteiger partial charge in [0.2, 0.25) is 0 Å². The summed E-state index contributed by atoms with van der Waals surface area (Å²) in [6, 6.07) is 57.4. The SMILES string of the molecule is CC(C)(Oc1ccc(C[C@H](NC(=O)OCC2c3ccccc3-c3ccccc32)C(=O)O)cc1F)c1ccccc1.COC(=O)[C@H](Cc1ccc(OC(C)(C)c2ccccc2)c(F)c1)NC(=O)OCC1c2ccccc2-c2ccccc21. The van der Waals surface area contributed by atoms with E-state index in [2.05, 4.69) is 22.8 Å². The molecule has 0 saturated carbocycles. The van der Waals surface area contributed by atoms with Crippen molar-refractivity contribution in [3.8, 4) is 33.8 Å². The fraction of sp³-hybridized carbons (Fsp3) is 0.224. The fourth-order valence-electron chi connectivity index (χ4n) is 10.4. The molecule has 10 rings (SSSR count). The number of carboxylic acids is 1. The number of ether oxygens (including phenoxy) is 5. The number of benzene rings is 8. The van der Waals surface area contributed by atoms with Crippen LogP contribution in [-0.4, -0.2) is 61.6 Å². The number of amides is 2. The summed E-state index contributed by atoms with van der Waals surface area (Å²) >= 11 is 0. The Bertz CT molecular complexity index is 3460. The highest BCUT2D eigenvalue weighted by Gasteiger charge is 2.33. The van der Waals surface area contributed by atoms with Crippen LogP contribution in [0.1, 0.15) is 84.0 Å². The minimum absolute atomic E-state index is 0.0101. The third kappa shape index (κ3) is 13.2. The van der Waals surface area contributed by atoms with Crippen molar-refractivity contribution in [2.24, 2.45) is 0 Å². The number of carboxylic acid groups (broad SMARTS) is 1. The topological polar surface area (TPSA) is 159 Å². The highest BCUT2D eigenvalue weighted by molar-refractivity contribution is 5.83. The summed E-state index contributed by atoms with van der Waals surface area (Å²) in [5.74, 6) is -3.24. The van der Waals surface area contributed by atoms with Gasteiger partial charge in [0.1, 0.15) is 36.5 Å². The van der Waals surface area contributed by atoms with Gasteiger partial charge >= 0.3 is 24.1 Å². The molecular formula is C67H62F2N2O10. The highest BCUT2D eigenvalue weighted by Crippen LogP contribution is 2.46. The summed E-state index contributed by atoms with van der Waals surface area (Å²) in [7, 11) is 1.23. The molecule has 0 unspecified atom stereocenters. The summed E-state index contributed by atoms with van der Waals surface area (Å²) in [6.45, 7) is 7.57. The van der Waals surface area contributed by atoms with Crippen LogP contribution in [0.15, 0.2) is 194 Å². The lowest BCUT2D eigenvalue weighted by Gasteiger charge is -2.27. The Balaban J connectivity index is 0.000000196. The van der Waals surface area contributed by atoms with Crippen molar-refractivity contribution in [2.45, 2.75) is 75.7 Å². The Morgan fingerprint density at radius 1 is 0.481 bits per heavy atom. The number of esters is 1. The number of aliphatic carboxylic acids is 1. The molecule has 0 bridgehead atoms. The molecule has 0 aliphatic heterocycles.